The molecule has 3 rings (SSSR count). The van der Waals surface area contributed by atoms with Crippen molar-refractivity contribution in [2.45, 2.75) is 6.54 Å². The zero-order valence-electron chi connectivity index (χ0n) is 10.1. The predicted molar refractivity (Wildman–Crippen MR) is 83.8 cm³/mol. The molecule has 0 aliphatic rings. The molecule has 0 bridgehead atoms. The molecule has 0 saturated heterocycles. The van der Waals surface area contributed by atoms with Crippen molar-refractivity contribution in [3.05, 3.63) is 55.7 Å². The Morgan fingerprint density at radius 3 is 2.95 bits per heavy atom. The largest absolute Gasteiger partial charge is 0.417 e. The van der Waals surface area contributed by atoms with Gasteiger partial charge in [-0.1, -0.05) is 0 Å². The molecule has 0 aliphatic carbocycles. The minimum Gasteiger partial charge on any atom is -0.408 e. The highest BCUT2D eigenvalue weighted by atomic mass is 79.9. The molecule has 2 heterocycles. The van der Waals surface area contributed by atoms with Crippen molar-refractivity contribution in [3.8, 4) is 0 Å². The zero-order valence-corrected chi connectivity index (χ0v) is 13.3. The summed E-state index contributed by atoms with van der Waals surface area (Å²) in [7, 11) is 0. The van der Waals surface area contributed by atoms with Crippen LogP contribution in [0.1, 0.15) is 5.69 Å². The summed E-state index contributed by atoms with van der Waals surface area (Å²) in [6.45, 7) is 0.571. The van der Waals surface area contributed by atoms with Crippen LogP contribution in [0.25, 0.3) is 11.1 Å². The summed E-state index contributed by atoms with van der Waals surface area (Å²) in [5.41, 5.74) is 2.99. The number of nitrogens with one attached hydrogen (secondary N) is 2. The Bertz CT molecular complexity index is 826. The highest BCUT2D eigenvalue weighted by molar-refractivity contribution is 9.11. The Hall–Kier alpha value is -1.60. The molecule has 102 valence electrons. The summed E-state index contributed by atoms with van der Waals surface area (Å²) >= 11 is 6.83. The van der Waals surface area contributed by atoms with Crippen LogP contribution in [0, 0.1) is 0 Å². The van der Waals surface area contributed by atoms with Crippen molar-refractivity contribution in [3.63, 3.8) is 0 Å². The Balaban J connectivity index is 1.80. The third kappa shape index (κ3) is 2.78. The van der Waals surface area contributed by atoms with Gasteiger partial charge in [-0.2, -0.15) is 0 Å². The first-order valence-electron chi connectivity index (χ1n) is 5.78. The molecule has 0 aliphatic heterocycles. The molecule has 7 heteroatoms. The van der Waals surface area contributed by atoms with Crippen LogP contribution in [-0.4, -0.2) is 9.97 Å². The molecule has 2 aromatic heterocycles. The number of hydrogen-bond acceptors (Lipinski definition) is 4. The molecule has 1 aromatic carbocycles. The SMILES string of the molecule is O=c1[nH]c2cc(NCc3ncc(Br)cc3Br)ccc2o1. The predicted octanol–water partition coefficient (Wildman–Crippen LogP) is 3.65. The van der Waals surface area contributed by atoms with Crippen LogP contribution in [-0.2, 0) is 6.54 Å². The molecule has 0 amide bonds. The van der Waals surface area contributed by atoms with E-state index in [0.717, 1.165) is 20.3 Å². The number of anilines is 1. The first-order chi connectivity index (χ1) is 9.61. The van der Waals surface area contributed by atoms with Gasteiger partial charge >= 0.3 is 5.76 Å². The van der Waals surface area contributed by atoms with E-state index in [2.05, 4.69) is 47.1 Å². The first kappa shape index (κ1) is 13.4. The fourth-order valence-corrected chi connectivity index (χ4v) is 2.95. The molecule has 0 unspecified atom stereocenters. The van der Waals surface area contributed by atoms with Crippen molar-refractivity contribution < 1.29 is 4.42 Å². The fraction of sp³-hybridized carbons (Fsp3) is 0.0769. The maximum atomic E-state index is 11.1. The summed E-state index contributed by atoms with van der Waals surface area (Å²) in [5, 5.41) is 3.25. The van der Waals surface area contributed by atoms with Gasteiger partial charge < -0.3 is 9.73 Å². The highest BCUT2D eigenvalue weighted by Crippen LogP contribution is 2.21. The molecule has 0 atom stereocenters. The van der Waals surface area contributed by atoms with Crippen molar-refractivity contribution in [2.75, 3.05) is 5.32 Å². The monoisotopic (exact) mass is 397 g/mol. The van der Waals surface area contributed by atoms with Crippen LogP contribution in [0.2, 0.25) is 0 Å². The van der Waals surface area contributed by atoms with Gasteiger partial charge in [-0.05, 0) is 56.1 Å². The molecular weight excluding hydrogens is 390 g/mol. The Morgan fingerprint density at radius 2 is 2.15 bits per heavy atom. The smallest absolute Gasteiger partial charge is 0.408 e. The number of aromatic nitrogens is 2. The second kappa shape index (κ2) is 5.41. The van der Waals surface area contributed by atoms with Gasteiger partial charge in [0.25, 0.3) is 0 Å². The summed E-state index contributed by atoms with van der Waals surface area (Å²) in [6, 6.07) is 7.37. The molecule has 0 radical (unpaired) electrons. The minimum absolute atomic E-state index is 0.450. The lowest BCUT2D eigenvalue weighted by molar-refractivity contribution is 0.555. The standard InChI is InChI=1S/C13H9Br2N3O2/c14-7-3-9(15)11(17-5-7)6-16-8-1-2-12-10(4-8)18-13(19)20-12/h1-5,16H,6H2,(H,18,19). The number of halogens is 2. The van der Waals surface area contributed by atoms with E-state index in [1.165, 1.54) is 0 Å². The quantitative estimate of drug-likeness (QED) is 0.706. The summed E-state index contributed by atoms with van der Waals surface area (Å²) in [4.78, 5) is 18.0. The van der Waals surface area contributed by atoms with Gasteiger partial charge in [-0.15, -0.1) is 0 Å². The number of fused-ring (bicyclic) bond motifs is 1. The number of oxazole rings is 1. The number of H-pyrrole nitrogens is 1. The van der Waals surface area contributed by atoms with Crippen molar-refractivity contribution in [1.29, 1.82) is 0 Å². The van der Waals surface area contributed by atoms with Gasteiger partial charge in [0.15, 0.2) is 5.58 Å². The maximum Gasteiger partial charge on any atom is 0.417 e. The highest BCUT2D eigenvalue weighted by Gasteiger charge is 2.04. The number of rotatable bonds is 3. The van der Waals surface area contributed by atoms with E-state index in [-0.39, 0.29) is 0 Å². The van der Waals surface area contributed by atoms with E-state index in [1.54, 1.807) is 12.3 Å². The van der Waals surface area contributed by atoms with Crippen LogP contribution in [0.3, 0.4) is 0 Å². The van der Waals surface area contributed by atoms with E-state index < -0.39 is 5.76 Å². The van der Waals surface area contributed by atoms with Gasteiger partial charge in [0.05, 0.1) is 17.8 Å². The van der Waals surface area contributed by atoms with Gasteiger partial charge in [-0.25, -0.2) is 4.79 Å². The third-order valence-electron chi connectivity index (χ3n) is 2.76. The molecule has 5 nitrogen and oxygen atoms in total. The zero-order chi connectivity index (χ0) is 14.1. The first-order valence-corrected chi connectivity index (χ1v) is 7.37. The Morgan fingerprint density at radius 1 is 1.30 bits per heavy atom. The van der Waals surface area contributed by atoms with Crippen LogP contribution in [0.15, 0.2) is 48.6 Å². The summed E-state index contributed by atoms with van der Waals surface area (Å²) in [5.74, 6) is -0.450. The Labute approximate surface area is 130 Å². The van der Waals surface area contributed by atoms with Crippen LogP contribution < -0.4 is 11.1 Å². The van der Waals surface area contributed by atoms with Gasteiger partial charge in [0.2, 0.25) is 0 Å². The number of hydrogen-bond donors (Lipinski definition) is 2. The van der Waals surface area contributed by atoms with E-state index >= 15 is 0 Å². The van der Waals surface area contributed by atoms with E-state index in [4.69, 9.17) is 4.42 Å². The van der Waals surface area contributed by atoms with Crippen LogP contribution in [0.4, 0.5) is 5.69 Å². The van der Waals surface area contributed by atoms with Crippen LogP contribution >= 0.6 is 31.9 Å². The fourth-order valence-electron chi connectivity index (χ4n) is 1.82. The van der Waals surface area contributed by atoms with Crippen molar-refractivity contribution in [2.24, 2.45) is 0 Å². The molecule has 20 heavy (non-hydrogen) atoms. The van der Waals surface area contributed by atoms with Crippen molar-refractivity contribution >= 4 is 48.6 Å². The normalized spacial score (nSPS) is 10.9. The molecular formula is C13H9Br2N3O2. The molecule has 2 N–H and O–H groups in total. The van der Waals surface area contributed by atoms with Gasteiger partial charge in [0, 0.05) is 20.8 Å². The average molecular weight is 399 g/mol. The van der Waals surface area contributed by atoms with E-state index in [1.807, 2.05) is 18.2 Å². The van der Waals surface area contributed by atoms with Gasteiger partial charge in [0.1, 0.15) is 0 Å². The number of nitrogens with zero attached hydrogens (tertiary/aromatic N) is 1. The molecule has 3 aromatic rings. The van der Waals surface area contributed by atoms with Gasteiger partial charge in [-0.3, -0.25) is 9.97 Å². The third-order valence-corrected chi connectivity index (χ3v) is 3.88. The second-order valence-electron chi connectivity index (χ2n) is 4.16. The van der Waals surface area contributed by atoms with E-state index in [0.29, 0.717) is 17.6 Å². The summed E-state index contributed by atoms with van der Waals surface area (Å²) in [6.07, 6.45) is 1.75. The average Bonchev–Trinajstić information content (AvgIpc) is 2.77. The van der Waals surface area contributed by atoms with Crippen molar-refractivity contribution in [1.82, 2.24) is 9.97 Å². The lowest BCUT2D eigenvalue weighted by Gasteiger charge is -2.07. The second-order valence-corrected chi connectivity index (χ2v) is 5.93. The molecule has 0 fully saturated rings. The minimum atomic E-state index is -0.450. The van der Waals surface area contributed by atoms with E-state index in [9.17, 15) is 4.79 Å². The lowest BCUT2D eigenvalue weighted by Crippen LogP contribution is -2.02. The Kier molecular flexibility index (Phi) is 3.62. The summed E-state index contributed by atoms with van der Waals surface area (Å²) < 4.78 is 6.80. The maximum absolute atomic E-state index is 11.1. The number of benzene rings is 1. The topological polar surface area (TPSA) is 70.9 Å². The lowest BCUT2D eigenvalue weighted by atomic mass is 10.2. The number of pyridine rings is 1. The molecule has 0 saturated carbocycles. The molecule has 0 spiro atoms. The number of aromatic amines is 1. The van der Waals surface area contributed by atoms with Crippen LogP contribution in [0.5, 0.6) is 0 Å².